The largest absolute Gasteiger partial charge is 0.479 e. The van der Waals surface area contributed by atoms with Crippen molar-refractivity contribution in [3.63, 3.8) is 0 Å². The minimum absolute atomic E-state index is 0.373. The maximum absolute atomic E-state index is 9.50. The van der Waals surface area contributed by atoms with E-state index in [2.05, 4.69) is 46.7 Å². The van der Waals surface area contributed by atoms with Gasteiger partial charge in [0.1, 0.15) is 29.8 Å². The molecule has 0 aliphatic carbocycles. The van der Waals surface area contributed by atoms with E-state index in [4.69, 9.17) is 18.6 Å². The summed E-state index contributed by atoms with van der Waals surface area (Å²) in [5.74, 6) is 2.59. The average Bonchev–Trinajstić information content (AvgIpc) is 3.59. The molecular weight excluding hydrogens is 570 g/mol. The van der Waals surface area contributed by atoms with Gasteiger partial charge in [-0.15, -0.1) is 5.10 Å². The van der Waals surface area contributed by atoms with Gasteiger partial charge in [-0.3, -0.25) is 4.90 Å². The fourth-order valence-corrected chi connectivity index (χ4v) is 5.71. The molecule has 0 saturated carbocycles. The lowest BCUT2D eigenvalue weighted by molar-refractivity contribution is 0.0114. The number of nitrogens with one attached hydrogen (secondary N) is 1. The quantitative estimate of drug-likeness (QED) is 0.265. The fraction of sp³-hybridized carbons (Fsp3) is 0.393. The van der Waals surface area contributed by atoms with Crippen molar-refractivity contribution in [3.8, 4) is 28.8 Å². The molecule has 0 bridgehead atoms. The Labute approximate surface area is 253 Å². The first-order valence-corrected chi connectivity index (χ1v) is 14.9. The summed E-state index contributed by atoms with van der Waals surface area (Å²) in [6.45, 7) is 5.60. The van der Waals surface area contributed by atoms with Crippen LogP contribution in [0.15, 0.2) is 49.1 Å². The maximum Gasteiger partial charge on any atom is 0.239 e. The van der Waals surface area contributed by atoms with E-state index >= 15 is 0 Å². The molecule has 2 fully saturated rings. The molecule has 15 heteroatoms. The Morgan fingerprint density at radius 2 is 1.88 bits per heavy atom. The van der Waals surface area contributed by atoms with Crippen LogP contribution in [0.25, 0.3) is 11.1 Å². The standard InChI is InChI=1S/C28H31N11O3S/c1-40-27-24(4-5-26(34-27)38-8-6-23(7-9-38)37-10-12-41-13-11-37)33-28-30-16-22(17-31-28)20-2-3-21(15-29)25(14-20)42-43-19-39-18-32-35-36-39/h2-5,14,16-18,23H,6-13,19H2,1H3,(H,30,31,33). The molecule has 1 aromatic carbocycles. The lowest BCUT2D eigenvalue weighted by atomic mass is 10.0. The van der Waals surface area contributed by atoms with Crippen LogP contribution < -0.4 is 19.1 Å². The molecule has 3 aromatic heterocycles. The first kappa shape index (κ1) is 28.6. The van der Waals surface area contributed by atoms with Gasteiger partial charge in [-0.2, -0.15) is 10.2 Å². The van der Waals surface area contributed by atoms with Crippen LogP contribution in [0.3, 0.4) is 0 Å². The third kappa shape index (κ3) is 6.94. The van der Waals surface area contributed by atoms with E-state index in [0.717, 1.165) is 81.2 Å². The summed E-state index contributed by atoms with van der Waals surface area (Å²) in [4.78, 5) is 18.6. The monoisotopic (exact) mass is 601 g/mol. The number of nitriles is 1. The maximum atomic E-state index is 9.50. The zero-order valence-electron chi connectivity index (χ0n) is 23.7. The minimum atomic E-state index is 0.373. The van der Waals surface area contributed by atoms with Gasteiger partial charge in [-0.1, -0.05) is 6.07 Å². The molecule has 2 saturated heterocycles. The Kier molecular flexibility index (Phi) is 9.07. The van der Waals surface area contributed by atoms with E-state index in [0.29, 0.717) is 40.7 Å². The van der Waals surface area contributed by atoms with Crippen molar-refractivity contribution < 1.29 is 13.7 Å². The van der Waals surface area contributed by atoms with Gasteiger partial charge in [0.05, 0.1) is 37.9 Å². The summed E-state index contributed by atoms with van der Waals surface area (Å²) in [6.07, 6.45) is 7.12. The average molecular weight is 602 g/mol. The normalized spacial score (nSPS) is 16.0. The minimum Gasteiger partial charge on any atom is -0.479 e. The van der Waals surface area contributed by atoms with Crippen LogP contribution >= 0.6 is 12.0 Å². The zero-order chi connectivity index (χ0) is 29.4. The molecule has 5 heterocycles. The molecule has 6 rings (SSSR count). The summed E-state index contributed by atoms with van der Waals surface area (Å²) < 4.78 is 18.4. The van der Waals surface area contributed by atoms with E-state index in [1.54, 1.807) is 31.6 Å². The summed E-state index contributed by atoms with van der Waals surface area (Å²) in [5.41, 5.74) is 2.67. The highest BCUT2D eigenvalue weighted by Crippen LogP contribution is 2.31. The van der Waals surface area contributed by atoms with Gasteiger partial charge in [-0.05, 0) is 53.1 Å². The van der Waals surface area contributed by atoms with Crippen LogP contribution in [0.2, 0.25) is 0 Å². The van der Waals surface area contributed by atoms with Crippen LogP contribution in [-0.4, -0.2) is 92.6 Å². The van der Waals surface area contributed by atoms with Crippen molar-refractivity contribution in [2.75, 3.05) is 56.7 Å². The van der Waals surface area contributed by atoms with E-state index in [1.807, 2.05) is 18.2 Å². The molecule has 4 aromatic rings. The predicted octanol–water partition coefficient (Wildman–Crippen LogP) is 3.13. The number of ether oxygens (including phenoxy) is 2. The number of benzene rings is 1. The highest BCUT2D eigenvalue weighted by Gasteiger charge is 2.26. The number of aromatic nitrogens is 7. The van der Waals surface area contributed by atoms with Crippen LogP contribution in [0, 0.1) is 11.3 Å². The van der Waals surface area contributed by atoms with Gasteiger partial charge in [0.15, 0.2) is 5.75 Å². The summed E-state index contributed by atoms with van der Waals surface area (Å²) >= 11 is 1.12. The Hall–Kier alpha value is -4.52. The Balaban J connectivity index is 1.08. The SMILES string of the molecule is COc1nc(N2CCC(N3CCOCC3)CC2)ccc1Nc1ncc(-c2ccc(C#N)c(OSCn3cnnn3)c2)cn1. The van der Waals surface area contributed by atoms with E-state index in [1.165, 1.54) is 11.0 Å². The number of rotatable bonds is 10. The second-order valence-electron chi connectivity index (χ2n) is 10.0. The van der Waals surface area contributed by atoms with Gasteiger partial charge < -0.3 is 23.9 Å². The van der Waals surface area contributed by atoms with Gasteiger partial charge in [0, 0.05) is 50.2 Å². The summed E-state index contributed by atoms with van der Waals surface area (Å²) in [7, 11) is 1.61. The van der Waals surface area contributed by atoms with E-state index < -0.39 is 0 Å². The zero-order valence-corrected chi connectivity index (χ0v) is 24.5. The molecule has 2 aliphatic heterocycles. The lowest BCUT2D eigenvalue weighted by Crippen LogP contribution is -2.49. The number of methoxy groups -OCH3 is 1. The molecule has 0 radical (unpaired) electrons. The molecule has 2 aliphatic rings. The van der Waals surface area contributed by atoms with Gasteiger partial charge in [0.25, 0.3) is 0 Å². The number of anilines is 3. The molecule has 0 atom stereocenters. The molecule has 14 nitrogen and oxygen atoms in total. The Morgan fingerprint density at radius 3 is 2.60 bits per heavy atom. The molecule has 43 heavy (non-hydrogen) atoms. The molecule has 222 valence electrons. The smallest absolute Gasteiger partial charge is 0.239 e. The number of morpholine rings is 1. The second-order valence-corrected chi connectivity index (χ2v) is 10.7. The van der Waals surface area contributed by atoms with Crippen molar-refractivity contribution in [3.05, 3.63) is 54.6 Å². The summed E-state index contributed by atoms with van der Waals surface area (Å²) in [5, 5.41) is 23.7. The first-order chi connectivity index (χ1) is 21.2. The fourth-order valence-electron chi connectivity index (χ4n) is 5.17. The third-order valence-corrected chi connectivity index (χ3v) is 8.12. The van der Waals surface area contributed by atoms with Crippen LogP contribution in [-0.2, 0) is 10.6 Å². The third-order valence-electron chi connectivity index (χ3n) is 7.45. The van der Waals surface area contributed by atoms with Crippen molar-refractivity contribution in [2.24, 2.45) is 0 Å². The van der Waals surface area contributed by atoms with Crippen molar-refractivity contribution in [1.29, 1.82) is 5.26 Å². The number of pyridine rings is 1. The lowest BCUT2D eigenvalue weighted by Gasteiger charge is -2.40. The van der Waals surface area contributed by atoms with Crippen molar-refractivity contribution in [2.45, 2.75) is 24.8 Å². The summed E-state index contributed by atoms with van der Waals surface area (Å²) in [6, 6.07) is 12.0. The van der Waals surface area contributed by atoms with Gasteiger partial charge in [-0.25, -0.2) is 14.6 Å². The van der Waals surface area contributed by atoms with E-state index in [-0.39, 0.29) is 0 Å². The van der Waals surface area contributed by atoms with Crippen LogP contribution in [0.4, 0.5) is 17.5 Å². The second kappa shape index (κ2) is 13.6. The molecule has 1 N–H and O–H groups in total. The molecular formula is C28H31N11O3S. The van der Waals surface area contributed by atoms with Crippen molar-refractivity contribution in [1.82, 2.24) is 40.1 Å². The number of piperidine rings is 1. The number of hydrogen-bond donors (Lipinski definition) is 1. The highest BCUT2D eigenvalue weighted by atomic mass is 32.2. The first-order valence-electron chi connectivity index (χ1n) is 14.0. The molecule has 0 spiro atoms. The Morgan fingerprint density at radius 1 is 1.07 bits per heavy atom. The molecule has 0 unspecified atom stereocenters. The number of nitrogens with zero attached hydrogens (tertiary/aromatic N) is 10. The highest BCUT2D eigenvalue weighted by molar-refractivity contribution is 7.94. The van der Waals surface area contributed by atoms with E-state index in [9.17, 15) is 5.26 Å². The topological polar surface area (TPSA) is 152 Å². The van der Waals surface area contributed by atoms with Crippen molar-refractivity contribution >= 4 is 29.5 Å². The predicted molar refractivity (Wildman–Crippen MR) is 160 cm³/mol. The van der Waals surface area contributed by atoms with Gasteiger partial charge >= 0.3 is 0 Å². The van der Waals surface area contributed by atoms with Gasteiger partial charge in [0.2, 0.25) is 11.8 Å². The van der Waals surface area contributed by atoms with Crippen LogP contribution in [0.1, 0.15) is 18.4 Å². The Bertz CT molecular complexity index is 1530. The molecule has 0 amide bonds. The number of hydrogen-bond acceptors (Lipinski definition) is 14. The van der Waals surface area contributed by atoms with Crippen LogP contribution in [0.5, 0.6) is 11.6 Å². The number of tetrazole rings is 1.